The number of hydrogen-bond acceptors (Lipinski definition) is 10. The highest BCUT2D eigenvalue weighted by Crippen LogP contribution is 2.35. The lowest BCUT2D eigenvalue weighted by Crippen LogP contribution is -2.45. The van der Waals surface area contributed by atoms with E-state index in [9.17, 15) is 14.7 Å². The molecular formula is C33H37BrN4O8. The lowest BCUT2D eigenvalue weighted by molar-refractivity contribution is -0.136. The number of rotatable bonds is 15. The zero-order valence-corrected chi connectivity index (χ0v) is 27.6. The van der Waals surface area contributed by atoms with Crippen molar-refractivity contribution in [1.29, 1.82) is 0 Å². The SMILES string of the molecule is CCOc1cc(/C=N\N[C@H](O)COc2ccc([C@@H]3NC(=O)NC(C)=C3C(=O)OC)cc2OCC)ccc1OCc1ccc(Br)cc1. The van der Waals surface area contributed by atoms with Crippen LogP contribution in [-0.2, 0) is 16.1 Å². The number of aliphatic hydroxyl groups is 1. The zero-order chi connectivity index (χ0) is 33.1. The lowest BCUT2D eigenvalue weighted by atomic mass is 9.95. The number of urea groups is 1. The summed E-state index contributed by atoms with van der Waals surface area (Å²) in [4.78, 5) is 24.6. The van der Waals surface area contributed by atoms with E-state index in [1.54, 1.807) is 37.4 Å². The summed E-state index contributed by atoms with van der Waals surface area (Å²) in [5, 5.41) is 19.9. The number of hydrogen-bond donors (Lipinski definition) is 4. The number of methoxy groups -OCH3 is 1. The Hall–Kier alpha value is -4.75. The average molecular weight is 698 g/mol. The molecule has 0 radical (unpaired) electrons. The lowest BCUT2D eigenvalue weighted by Gasteiger charge is -2.28. The number of aliphatic hydroxyl groups excluding tert-OH is 1. The normalized spacial score (nSPS) is 15.1. The first kappa shape index (κ1) is 34.1. The summed E-state index contributed by atoms with van der Waals surface area (Å²) >= 11 is 3.43. The topological polar surface area (TPSA) is 149 Å². The van der Waals surface area contributed by atoms with Crippen molar-refractivity contribution in [2.24, 2.45) is 5.10 Å². The predicted molar refractivity (Wildman–Crippen MR) is 175 cm³/mol. The Kier molecular flexibility index (Phi) is 12.3. The van der Waals surface area contributed by atoms with Gasteiger partial charge in [-0.25, -0.2) is 9.59 Å². The van der Waals surface area contributed by atoms with E-state index in [1.165, 1.54) is 7.11 Å². The summed E-state index contributed by atoms with van der Waals surface area (Å²) in [6, 6.07) is 17.1. The van der Waals surface area contributed by atoms with Gasteiger partial charge < -0.3 is 39.4 Å². The van der Waals surface area contributed by atoms with Crippen LogP contribution in [0.25, 0.3) is 0 Å². The molecule has 0 unspecified atom stereocenters. The molecule has 0 saturated carbocycles. The van der Waals surface area contributed by atoms with Gasteiger partial charge in [0.15, 0.2) is 29.2 Å². The second-order valence-corrected chi connectivity index (χ2v) is 10.9. The fourth-order valence-corrected chi connectivity index (χ4v) is 4.82. The zero-order valence-electron chi connectivity index (χ0n) is 26.0. The molecular weight excluding hydrogens is 660 g/mol. The third-order valence-corrected chi connectivity index (χ3v) is 7.21. The molecule has 4 N–H and O–H groups in total. The summed E-state index contributed by atoms with van der Waals surface area (Å²) < 4.78 is 29.2. The summed E-state index contributed by atoms with van der Waals surface area (Å²) in [7, 11) is 1.28. The molecule has 3 aromatic rings. The van der Waals surface area contributed by atoms with Crippen molar-refractivity contribution in [2.75, 3.05) is 26.9 Å². The highest BCUT2D eigenvalue weighted by Gasteiger charge is 2.32. The van der Waals surface area contributed by atoms with E-state index >= 15 is 0 Å². The Morgan fingerprint density at radius 2 is 1.65 bits per heavy atom. The molecule has 0 aromatic heterocycles. The average Bonchev–Trinajstić information content (AvgIpc) is 3.04. The molecule has 46 heavy (non-hydrogen) atoms. The van der Waals surface area contributed by atoms with Gasteiger partial charge in [-0.05, 0) is 79.9 Å². The molecule has 244 valence electrons. The number of nitrogens with zero attached hydrogens (tertiary/aromatic N) is 1. The van der Waals surface area contributed by atoms with Crippen LogP contribution in [0.3, 0.4) is 0 Å². The number of benzene rings is 3. The Morgan fingerprint density at radius 3 is 2.35 bits per heavy atom. The number of halogens is 1. The Balaban J connectivity index is 1.37. The van der Waals surface area contributed by atoms with Gasteiger partial charge in [-0.3, -0.25) is 5.43 Å². The minimum absolute atomic E-state index is 0.152. The number of hydrazone groups is 1. The largest absolute Gasteiger partial charge is 0.490 e. The quantitative estimate of drug-likeness (QED) is 0.0750. The number of ether oxygens (including phenoxy) is 5. The number of allylic oxidation sites excluding steroid dienone is 1. The van der Waals surface area contributed by atoms with E-state index in [-0.39, 0.29) is 12.2 Å². The molecule has 0 spiro atoms. The summed E-state index contributed by atoms with van der Waals surface area (Å²) in [6.45, 7) is 6.37. The first-order valence-corrected chi connectivity index (χ1v) is 15.4. The summed E-state index contributed by atoms with van der Waals surface area (Å²) in [6.07, 6.45) is 0.400. The third-order valence-electron chi connectivity index (χ3n) is 6.68. The maximum Gasteiger partial charge on any atom is 0.337 e. The van der Waals surface area contributed by atoms with Gasteiger partial charge in [0.1, 0.15) is 13.2 Å². The van der Waals surface area contributed by atoms with Gasteiger partial charge in [0.05, 0.1) is 38.2 Å². The fraction of sp³-hybridized carbons (Fsp3) is 0.303. The van der Waals surface area contributed by atoms with Gasteiger partial charge >= 0.3 is 12.0 Å². The molecule has 0 bridgehead atoms. The number of amides is 2. The standard InChI is InChI=1S/C33H37BrN4O8/c1-5-43-27-15-22(9-13-25(27)45-18-21-7-11-24(34)12-8-21)17-35-38-29(39)19-46-26-14-10-23(16-28(26)44-6-2)31-30(32(40)42-4)20(3)36-33(41)37-31/h7-17,29,31,38-39H,5-6,18-19H2,1-4H3,(H2,36,37,41)/b35-17-/t29-,31+/m1/s1. The van der Waals surface area contributed by atoms with E-state index < -0.39 is 24.3 Å². The van der Waals surface area contributed by atoms with E-state index in [2.05, 4.69) is 37.1 Å². The van der Waals surface area contributed by atoms with Crippen LogP contribution in [0.5, 0.6) is 23.0 Å². The maximum atomic E-state index is 12.5. The van der Waals surface area contributed by atoms with Crippen molar-refractivity contribution >= 4 is 34.1 Å². The number of esters is 1. The van der Waals surface area contributed by atoms with Crippen LogP contribution < -0.4 is 35.0 Å². The van der Waals surface area contributed by atoms with Gasteiger partial charge in [0.2, 0.25) is 0 Å². The maximum absolute atomic E-state index is 12.5. The summed E-state index contributed by atoms with van der Waals surface area (Å²) in [5.41, 5.74) is 5.65. The van der Waals surface area contributed by atoms with Crippen molar-refractivity contribution in [3.8, 4) is 23.0 Å². The van der Waals surface area contributed by atoms with Gasteiger partial charge in [-0.2, -0.15) is 5.10 Å². The van der Waals surface area contributed by atoms with Crippen molar-refractivity contribution in [1.82, 2.24) is 16.1 Å². The highest BCUT2D eigenvalue weighted by molar-refractivity contribution is 9.10. The molecule has 12 nitrogen and oxygen atoms in total. The first-order valence-electron chi connectivity index (χ1n) is 14.6. The molecule has 2 atom stereocenters. The van der Waals surface area contributed by atoms with E-state index in [0.29, 0.717) is 54.1 Å². The minimum Gasteiger partial charge on any atom is -0.490 e. The van der Waals surface area contributed by atoms with Crippen molar-refractivity contribution in [3.63, 3.8) is 0 Å². The van der Waals surface area contributed by atoms with E-state index in [0.717, 1.165) is 15.6 Å². The number of carbonyl (C=O) groups is 2. The van der Waals surface area contributed by atoms with Crippen LogP contribution in [-0.4, -0.2) is 56.5 Å². The molecule has 0 fully saturated rings. The molecule has 0 saturated heterocycles. The molecule has 0 aliphatic carbocycles. The smallest absolute Gasteiger partial charge is 0.337 e. The molecule has 3 aromatic carbocycles. The van der Waals surface area contributed by atoms with Gasteiger partial charge in [0, 0.05) is 10.2 Å². The number of nitrogens with one attached hydrogen (secondary N) is 3. The van der Waals surface area contributed by atoms with Gasteiger partial charge in [-0.15, -0.1) is 0 Å². The van der Waals surface area contributed by atoms with E-state index in [4.69, 9.17) is 23.7 Å². The van der Waals surface area contributed by atoms with Crippen LogP contribution in [0.15, 0.2) is 81.5 Å². The van der Waals surface area contributed by atoms with E-state index in [1.807, 2.05) is 50.2 Å². The minimum atomic E-state index is -1.15. The Bertz CT molecular complexity index is 1580. The van der Waals surface area contributed by atoms with Gasteiger partial charge in [0.25, 0.3) is 0 Å². The second-order valence-electron chi connectivity index (χ2n) is 9.97. The molecule has 4 rings (SSSR count). The Morgan fingerprint density at radius 1 is 0.978 bits per heavy atom. The monoisotopic (exact) mass is 696 g/mol. The predicted octanol–water partition coefficient (Wildman–Crippen LogP) is 4.95. The van der Waals surface area contributed by atoms with Crippen LogP contribution in [0, 0.1) is 0 Å². The van der Waals surface area contributed by atoms with Crippen LogP contribution in [0.1, 0.15) is 43.5 Å². The molecule has 1 aliphatic rings. The number of carbonyl (C=O) groups excluding carboxylic acids is 2. The molecule has 2 amide bonds. The fourth-order valence-electron chi connectivity index (χ4n) is 4.55. The Labute approximate surface area is 275 Å². The second kappa shape index (κ2) is 16.5. The molecule has 1 aliphatic heterocycles. The highest BCUT2D eigenvalue weighted by atomic mass is 79.9. The van der Waals surface area contributed by atoms with Crippen LogP contribution >= 0.6 is 15.9 Å². The molecule has 1 heterocycles. The van der Waals surface area contributed by atoms with Crippen molar-refractivity contribution in [3.05, 3.63) is 93.1 Å². The first-order chi connectivity index (χ1) is 22.2. The van der Waals surface area contributed by atoms with Crippen LogP contribution in [0.4, 0.5) is 4.79 Å². The van der Waals surface area contributed by atoms with Gasteiger partial charge in [-0.1, -0.05) is 34.1 Å². The summed E-state index contributed by atoms with van der Waals surface area (Å²) in [5.74, 6) is 1.34. The van der Waals surface area contributed by atoms with Crippen LogP contribution in [0.2, 0.25) is 0 Å². The van der Waals surface area contributed by atoms with Crippen molar-refractivity contribution in [2.45, 2.75) is 39.6 Å². The molecule has 13 heteroatoms. The third kappa shape index (κ3) is 9.14. The van der Waals surface area contributed by atoms with Crippen molar-refractivity contribution < 1.29 is 38.4 Å².